The number of fused-ring (bicyclic) bond motifs is 1. The maximum atomic E-state index is 12.7. The van der Waals surface area contributed by atoms with Gasteiger partial charge >= 0.3 is 23.8 Å². The van der Waals surface area contributed by atoms with E-state index in [1.165, 1.54) is 11.3 Å². The monoisotopic (exact) mass is 561 g/mol. The van der Waals surface area contributed by atoms with Crippen molar-refractivity contribution in [3.8, 4) is 5.75 Å². The van der Waals surface area contributed by atoms with E-state index in [9.17, 15) is 19.2 Å². The van der Waals surface area contributed by atoms with Gasteiger partial charge in [-0.25, -0.2) is 15.0 Å². The number of aryl methyl sites for hydroxylation is 2. The van der Waals surface area contributed by atoms with Crippen molar-refractivity contribution in [2.24, 2.45) is 5.10 Å². The fraction of sp³-hybridized carbons (Fsp3) is 0.300. The molecule has 3 aromatic rings. The minimum absolute atomic E-state index is 0.210. The van der Waals surface area contributed by atoms with Crippen LogP contribution in [0.15, 0.2) is 53.6 Å². The largest absolute Gasteiger partial charge is 0.462 e. The van der Waals surface area contributed by atoms with Crippen LogP contribution in [-0.2, 0) is 27.2 Å². The standard InChI is InChI=1S/C30H31N3O6S/c1-4-38-30(37)25-23-11-6-5-7-12-24(23)40-28(25)31-26(34)27(35)33-32-19(3)20-13-15-22(16-14-20)39-29(36)21-10-8-9-18(2)17-21/h8-10,13-17H,4-7,11-12H2,1-3H3,(H,31,34)(H,33,35)/b32-19+. The molecule has 1 heterocycles. The summed E-state index contributed by atoms with van der Waals surface area (Å²) >= 11 is 1.32. The van der Waals surface area contributed by atoms with Gasteiger partial charge in [0.15, 0.2) is 0 Å². The van der Waals surface area contributed by atoms with E-state index >= 15 is 0 Å². The van der Waals surface area contributed by atoms with E-state index in [-0.39, 0.29) is 6.61 Å². The van der Waals surface area contributed by atoms with Crippen molar-refractivity contribution in [2.45, 2.75) is 52.9 Å². The number of carbonyl (C=O) groups is 4. The average Bonchev–Trinajstić information content (AvgIpc) is 3.11. The zero-order valence-electron chi connectivity index (χ0n) is 22.7. The molecular formula is C30H31N3O6S. The van der Waals surface area contributed by atoms with Crippen LogP contribution in [0.3, 0.4) is 0 Å². The van der Waals surface area contributed by atoms with Crippen molar-refractivity contribution < 1.29 is 28.7 Å². The SMILES string of the molecule is CCOC(=O)c1c(NC(=O)C(=O)N/N=C(\C)c2ccc(OC(=O)c3cccc(C)c3)cc2)sc2c1CCCCC2. The molecule has 1 aliphatic rings. The van der Waals surface area contributed by atoms with Crippen molar-refractivity contribution in [3.63, 3.8) is 0 Å². The Kier molecular flexibility index (Phi) is 9.44. The molecule has 2 aromatic carbocycles. The van der Waals surface area contributed by atoms with Crippen LogP contribution in [0.1, 0.15) is 75.4 Å². The molecule has 0 saturated carbocycles. The van der Waals surface area contributed by atoms with Gasteiger partial charge in [-0.2, -0.15) is 5.10 Å². The van der Waals surface area contributed by atoms with E-state index in [1.54, 1.807) is 56.3 Å². The minimum Gasteiger partial charge on any atom is -0.462 e. The van der Waals surface area contributed by atoms with Gasteiger partial charge in [0.25, 0.3) is 0 Å². The second kappa shape index (κ2) is 13.2. The smallest absolute Gasteiger partial charge is 0.343 e. The molecule has 1 aromatic heterocycles. The van der Waals surface area contributed by atoms with Gasteiger partial charge in [0.2, 0.25) is 0 Å². The Balaban J connectivity index is 1.39. The first-order valence-corrected chi connectivity index (χ1v) is 13.9. The van der Waals surface area contributed by atoms with E-state index in [2.05, 4.69) is 15.8 Å². The molecule has 0 bridgehead atoms. The van der Waals surface area contributed by atoms with E-state index < -0.39 is 23.8 Å². The summed E-state index contributed by atoms with van der Waals surface area (Å²) in [5.74, 6) is -2.51. The van der Waals surface area contributed by atoms with Gasteiger partial charge < -0.3 is 14.8 Å². The number of hydrogen-bond donors (Lipinski definition) is 2. The number of carbonyl (C=O) groups excluding carboxylic acids is 4. The lowest BCUT2D eigenvalue weighted by molar-refractivity contribution is -0.136. The number of hydrazone groups is 1. The highest BCUT2D eigenvalue weighted by Crippen LogP contribution is 2.38. The zero-order valence-corrected chi connectivity index (χ0v) is 23.5. The van der Waals surface area contributed by atoms with Crippen LogP contribution in [0.25, 0.3) is 0 Å². The van der Waals surface area contributed by atoms with E-state index in [4.69, 9.17) is 9.47 Å². The van der Waals surface area contributed by atoms with Gasteiger partial charge in [-0.15, -0.1) is 11.3 Å². The van der Waals surface area contributed by atoms with Gasteiger partial charge in [-0.1, -0.05) is 24.1 Å². The minimum atomic E-state index is -0.971. The molecule has 4 rings (SSSR count). The molecule has 2 amide bonds. The molecular weight excluding hydrogens is 530 g/mol. The molecule has 9 nitrogen and oxygen atoms in total. The van der Waals surface area contributed by atoms with Crippen LogP contribution in [0, 0.1) is 6.92 Å². The quantitative estimate of drug-likeness (QED) is 0.102. The number of amides is 2. The molecule has 0 radical (unpaired) electrons. The van der Waals surface area contributed by atoms with Crippen LogP contribution in [0.4, 0.5) is 5.00 Å². The normalized spacial score (nSPS) is 13.0. The number of esters is 2. The highest BCUT2D eigenvalue weighted by molar-refractivity contribution is 7.17. The van der Waals surface area contributed by atoms with Gasteiger partial charge in [0.1, 0.15) is 10.8 Å². The summed E-state index contributed by atoms with van der Waals surface area (Å²) in [4.78, 5) is 51.3. The number of ether oxygens (including phenoxy) is 2. The molecule has 0 fully saturated rings. The molecule has 208 valence electrons. The van der Waals surface area contributed by atoms with Crippen LogP contribution in [-0.4, -0.2) is 36.1 Å². The van der Waals surface area contributed by atoms with Crippen molar-refractivity contribution >= 4 is 45.8 Å². The molecule has 40 heavy (non-hydrogen) atoms. The molecule has 0 spiro atoms. The lowest BCUT2D eigenvalue weighted by atomic mass is 10.1. The third-order valence-electron chi connectivity index (χ3n) is 6.40. The fourth-order valence-corrected chi connectivity index (χ4v) is 5.63. The molecule has 1 aliphatic carbocycles. The summed E-state index contributed by atoms with van der Waals surface area (Å²) in [5.41, 5.74) is 6.00. The van der Waals surface area contributed by atoms with E-state index in [1.807, 2.05) is 13.0 Å². The van der Waals surface area contributed by atoms with E-state index in [0.717, 1.165) is 48.1 Å². The van der Waals surface area contributed by atoms with Crippen LogP contribution < -0.4 is 15.5 Å². The molecule has 0 aliphatic heterocycles. The Hall–Kier alpha value is -4.31. The molecule has 0 unspecified atom stereocenters. The van der Waals surface area contributed by atoms with Crippen LogP contribution >= 0.6 is 11.3 Å². The van der Waals surface area contributed by atoms with Gasteiger partial charge in [0, 0.05) is 4.88 Å². The molecule has 10 heteroatoms. The lowest BCUT2D eigenvalue weighted by Crippen LogP contribution is -2.33. The first kappa shape index (κ1) is 28.7. The number of anilines is 1. The zero-order chi connectivity index (χ0) is 28.6. The average molecular weight is 562 g/mol. The van der Waals surface area contributed by atoms with Gasteiger partial charge in [0.05, 0.1) is 23.4 Å². The van der Waals surface area contributed by atoms with Crippen LogP contribution in [0.5, 0.6) is 5.75 Å². The highest BCUT2D eigenvalue weighted by atomic mass is 32.1. The van der Waals surface area contributed by atoms with Crippen molar-refractivity contribution in [1.82, 2.24) is 5.43 Å². The first-order chi connectivity index (χ1) is 19.3. The number of nitrogens with zero attached hydrogens (tertiary/aromatic N) is 1. The van der Waals surface area contributed by atoms with Crippen molar-refractivity contribution in [1.29, 1.82) is 0 Å². The fourth-order valence-electron chi connectivity index (χ4n) is 4.36. The predicted octanol–water partition coefficient (Wildman–Crippen LogP) is 5.20. The number of thiophene rings is 1. The Morgan fingerprint density at radius 1 is 0.925 bits per heavy atom. The molecule has 0 saturated heterocycles. The summed E-state index contributed by atoms with van der Waals surface area (Å²) < 4.78 is 10.6. The Morgan fingerprint density at radius 3 is 2.40 bits per heavy atom. The summed E-state index contributed by atoms with van der Waals surface area (Å²) in [5, 5.41) is 6.93. The van der Waals surface area contributed by atoms with Gasteiger partial charge in [-0.05, 0) is 94.0 Å². The first-order valence-electron chi connectivity index (χ1n) is 13.1. The number of rotatable bonds is 7. The highest BCUT2D eigenvalue weighted by Gasteiger charge is 2.28. The number of benzene rings is 2. The second-order valence-electron chi connectivity index (χ2n) is 9.36. The second-order valence-corrected chi connectivity index (χ2v) is 10.5. The summed E-state index contributed by atoms with van der Waals surface area (Å²) in [7, 11) is 0. The topological polar surface area (TPSA) is 123 Å². The number of hydrogen-bond acceptors (Lipinski definition) is 8. The van der Waals surface area contributed by atoms with Gasteiger partial charge in [-0.3, -0.25) is 9.59 Å². The van der Waals surface area contributed by atoms with Crippen molar-refractivity contribution in [3.05, 3.63) is 81.2 Å². The third kappa shape index (κ3) is 7.01. The molecule has 0 atom stereocenters. The third-order valence-corrected chi connectivity index (χ3v) is 7.60. The maximum absolute atomic E-state index is 12.7. The summed E-state index contributed by atoms with van der Waals surface area (Å²) in [6, 6.07) is 13.7. The Bertz CT molecular complexity index is 1460. The Morgan fingerprint density at radius 2 is 1.68 bits per heavy atom. The van der Waals surface area contributed by atoms with Crippen LogP contribution in [0.2, 0.25) is 0 Å². The Labute approximate surface area is 236 Å². The van der Waals surface area contributed by atoms with Crippen molar-refractivity contribution in [2.75, 3.05) is 11.9 Å². The molecule has 2 N–H and O–H groups in total. The maximum Gasteiger partial charge on any atom is 0.343 e. The van der Waals surface area contributed by atoms with E-state index in [0.29, 0.717) is 33.2 Å². The predicted molar refractivity (Wildman–Crippen MR) is 153 cm³/mol. The lowest BCUT2D eigenvalue weighted by Gasteiger charge is -2.08. The summed E-state index contributed by atoms with van der Waals surface area (Å²) in [6.45, 7) is 5.50. The number of nitrogens with one attached hydrogen (secondary N) is 2. The summed E-state index contributed by atoms with van der Waals surface area (Å²) in [6.07, 6.45) is 4.59.